The second-order valence-corrected chi connectivity index (χ2v) is 4.77. The molecule has 0 radical (unpaired) electrons. The maximum Gasteiger partial charge on any atom is 0.435 e. The standard InChI is InChI=1S/C13H10F4N4O2/c14-8-2-4-9(5-3-8)21-11(13(15,16)17)10(18-19-21)12(22)20-6-1-7-23-20/h2-5H,1,6-7H2. The fraction of sp³-hybridized carbons (Fsp3) is 0.308. The van der Waals surface area contributed by atoms with E-state index in [0.717, 1.165) is 29.3 Å². The summed E-state index contributed by atoms with van der Waals surface area (Å²) in [6, 6.07) is 4.20. The maximum atomic E-state index is 13.4. The van der Waals surface area contributed by atoms with Crippen molar-refractivity contribution in [3.63, 3.8) is 0 Å². The second kappa shape index (κ2) is 5.61. The third-order valence-corrected chi connectivity index (χ3v) is 3.19. The molecule has 1 aliphatic heterocycles. The van der Waals surface area contributed by atoms with Gasteiger partial charge in [0.2, 0.25) is 0 Å². The Morgan fingerprint density at radius 2 is 1.91 bits per heavy atom. The normalized spacial score (nSPS) is 15.2. The first-order chi connectivity index (χ1) is 10.9. The lowest BCUT2D eigenvalue weighted by molar-refractivity contribution is -0.143. The van der Waals surface area contributed by atoms with Crippen LogP contribution >= 0.6 is 0 Å². The van der Waals surface area contributed by atoms with Crippen molar-refractivity contribution in [2.24, 2.45) is 0 Å². The number of aromatic nitrogens is 3. The Labute approximate surface area is 127 Å². The van der Waals surface area contributed by atoms with Crippen molar-refractivity contribution in [3.05, 3.63) is 41.5 Å². The number of amides is 1. The molecule has 0 N–H and O–H groups in total. The van der Waals surface area contributed by atoms with E-state index in [-0.39, 0.29) is 18.8 Å². The Morgan fingerprint density at radius 1 is 1.22 bits per heavy atom. The molecular formula is C13H10F4N4O2. The Kier molecular flexibility index (Phi) is 3.76. The zero-order valence-electron chi connectivity index (χ0n) is 11.5. The number of nitrogens with zero attached hydrogens (tertiary/aromatic N) is 4. The molecule has 0 bridgehead atoms. The Bertz CT molecular complexity index is 721. The van der Waals surface area contributed by atoms with Gasteiger partial charge in [0.25, 0.3) is 5.91 Å². The largest absolute Gasteiger partial charge is 0.435 e. The third-order valence-electron chi connectivity index (χ3n) is 3.19. The van der Waals surface area contributed by atoms with Crippen molar-refractivity contribution >= 4 is 5.91 Å². The molecule has 0 spiro atoms. The van der Waals surface area contributed by atoms with Gasteiger partial charge >= 0.3 is 6.18 Å². The van der Waals surface area contributed by atoms with E-state index < -0.39 is 29.3 Å². The zero-order valence-corrected chi connectivity index (χ0v) is 11.5. The van der Waals surface area contributed by atoms with E-state index in [1.165, 1.54) is 0 Å². The highest BCUT2D eigenvalue weighted by atomic mass is 19.4. The number of benzene rings is 1. The molecule has 0 atom stereocenters. The van der Waals surface area contributed by atoms with Gasteiger partial charge < -0.3 is 0 Å². The van der Waals surface area contributed by atoms with Crippen molar-refractivity contribution in [2.75, 3.05) is 13.2 Å². The van der Waals surface area contributed by atoms with Crippen LogP contribution < -0.4 is 0 Å². The molecule has 10 heteroatoms. The van der Waals surface area contributed by atoms with Crippen molar-refractivity contribution < 1.29 is 27.2 Å². The zero-order chi connectivity index (χ0) is 16.6. The molecule has 0 saturated carbocycles. The Balaban J connectivity index is 2.07. The van der Waals surface area contributed by atoms with E-state index in [9.17, 15) is 22.4 Å². The van der Waals surface area contributed by atoms with E-state index in [1.54, 1.807) is 0 Å². The molecule has 0 aliphatic carbocycles. The van der Waals surface area contributed by atoms with Gasteiger partial charge in [0.15, 0.2) is 11.4 Å². The van der Waals surface area contributed by atoms with Gasteiger partial charge in [-0.25, -0.2) is 14.1 Å². The number of carbonyl (C=O) groups excluding carboxylic acids is 1. The van der Waals surface area contributed by atoms with Gasteiger partial charge in [-0.2, -0.15) is 13.2 Å². The average molecular weight is 330 g/mol. The highest BCUT2D eigenvalue weighted by molar-refractivity contribution is 5.93. The number of carbonyl (C=O) groups is 1. The SMILES string of the molecule is O=C(c1nnn(-c2ccc(F)cc2)c1C(F)(F)F)N1CCCO1. The van der Waals surface area contributed by atoms with Crippen LogP contribution in [-0.2, 0) is 11.0 Å². The van der Waals surface area contributed by atoms with Crippen LogP contribution in [-0.4, -0.2) is 39.1 Å². The molecule has 1 aliphatic rings. The molecule has 0 unspecified atom stereocenters. The van der Waals surface area contributed by atoms with Crippen LogP contribution in [0.15, 0.2) is 24.3 Å². The van der Waals surface area contributed by atoms with Crippen LogP contribution in [0.4, 0.5) is 17.6 Å². The third kappa shape index (κ3) is 2.89. The summed E-state index contributed by atoms with van der Waals surface area (Å²) >= 11 is 0. The number of rotatable bonds is 2. The first kappa shape index (κ1) is 15.4. The van der Waals surface area contributed by atoms with Crippen molar-refractivity contribution in [1.29, 1.82) is 0 Å². The summed E-state index contributed by atoms with van der Waals surface area (Å²) in [5, 5.41) is 7.58. The molecule has 6 nitrogen and oxygen atoms in total. The van der Waals surface area contributed by atoms with Crippen molar-refractivity contribution in [3.8, 4) is 5.69 Å². The Hall–Kier alpha value is -2.49. The topological polar surface area (TPSA) is 60.2 Å². The summed E-state index contributed by atoms with van der Waals surface area (Å²) < 4.78 is 53.5. The maximum absolute atomic E-state index is 13.4. The first-order valence-electron chi connectivity index (χ1n) is 6.61. The summed E-state index contributed by atoms with van der Waals surface area (Å²) in [6.07, 6.45) is -4.35. The van der Waals surface area contributed by atoms with Crippen LogP contribution in [0.1, 0.15) is 22.6 Å². The van der Waals surface area contributed by atoms with E-state index in [2.05, 4.69) is 10.3 Å². The molecule has 2 aromatic rings. The van der Waals surface area contributed by atoms with Gasteiger partial charge in [0.1, 0.15) is 5.82 Å². The summed E-state index contributed by atoms with van der Waals surface area (Å²) in [5.74, 6) is -1.62. The fourth-order valence-corrected chi connectivity index (χ4v) is 2.17. The monoisotopic (exact) mass is 330 g/mol. The molecule has 23 heavy (non-hydrogen) atoms. The molecule has 1 aromatic heterocycles. The minimum Gasteiger partial charge on any atom is -0.271 e. The average Bonchev–Trinajstić information content (AvgIpc) is 3.16. The molecule has 1 fully saturated rings. The van der Waals surface area contributed by atoms with E-state index in [1.807, 2.05) is 0 Å². The summed E-state index contributed by atoms with van der Waals surface area (Å²) in [6.45, 7) is 0.429. The predicted octanol–water partition coefficient (Wildman–Crippen LogP) is 2.20. The molecular weight excluding hydrogens is 320 g/mol. The van der Waals surface area contributed by atoms with Gasteiger partial charge in [-0.1, -0.05) is 5.21 Å². The Morgan fingerprint density at radius 3 is 2.48 bits per heavy atom. The minimum atomic E-state index is -4.87. The van der Waals surface area contributed by atoms with Crippen molar-refractivity contribution in [2.45, 2.75) is 12.6 Å². The second-order valence-electron chi connectivity index (χ2n) is 4.77. The van der Waals surface area contributed by atoms with Crippen LogP contribution in [0.5, 0.6) is 0 Å². The van der Waals surface area contributed by atoms with Gasteiger partial charge in [-0.05, 0) is 30.7 Å². The molecule has 122 valence electrons. The van der Waals surface area contributed by atoms with Crippen LogP contribution in [0.2, 0.25) is 0 Å². The van der Waals surface area contributed by atoms with Crippen molar-refractivity contribution in [1.82, 2.24) is 20.1 Å². The quantitative estimate of drug-likeness (QED) is 0.792. The number of alkyl halides is 3. The number of hydrogen-bond acceptors (Lipinski definition) is 4. The number of hydroxylamine groups is 2. The molecule has 3 rings (SSSR count). The van der Waals surface area contributed by atoms with Gasteiger partial charge in [-0.15, -0.1) is 5.10 Å². The molecule has 2 heterocycles. The summed E-state index contributed by atoms with van der Waals surface area (Å²) in [5.41, 5.74) is -2.25. The lowest BCUT2D eigenvalue weighted by atomic mass is 10.2. The summed E-state index contributed by atoms with van der Waals surface area (Å²) in [4.78, 5) is 17.1. The van der Waals surface area contributed by atoms with Gasteiger partial charge in [0.05, 0.1) is 18.8 Å². The van der Waals surface area contributed by atoms with Crippen LogP contribution in [0.25, 0.3) is 5.69 Å². The van der Waals surface area contributed by atoms with E-state index in [4.69, 9.17) is 4.84 Å². The highest BCUT2D eigenvalue weighted by Gasteiger charge is 2.43. The lowest BCUT2D eigenvalue weighted by Gasteiger charge is -2.14. The summed E-state index contributed by atoms with van der Waals surface area (Å²) in [7, 11) is 0. The van der Waals surface area contributed by atoms with Gasteiger partial charge in [-0.3, -0.25) is 9.63 Å². The number of halogens is 4. The van der Waals surface area contributed by atoms with E-state index >= 15 is 0 Å². The fourth-order valence-electron chi connectivity index (χ4n) is 2.17. The highest BCUT2D eigenvalue weighted by Crippen LogP contribution is 2.33. The van der Waals surface area contributed by atoms with E-state index in [0.29, 0.717) is 11.1 Å². The minimum absolute atomic E-state index is 0.0624. The predicted molar refractivity (Wildman–Crippen MR) is 67.9 cm³/mol. The first-order valence-corrected chi connectivity index (χ1v) is 6.61. The number of hydrogen-bond donors (Lipinski definition) is 0. The smallest absolute Gasteiger partial charge is 0.271 e. The lowest BCUT2D eigenvalue weighted by Crippen LogP contribution is -2.29. The molecule has 1 saturated heterocycles. The van der Waals surface area contributed by atoms with Crippen LogP contribution in [0, 0.1) is 5.82 Å². The van der Waals surface area contributed by atoms with Crippen LogP contribution in [0.3, 0.4) is 0 Å². The molecule has 1 amide bonds. The van der Waals surface area contributed by atoms with Gasteiger partial charge in [0, 0.05) is 0 Å². The molecule has 1 aromatic carbocycles.